The number of benzene rings is 1. The average Bonchev–Trinajstić information content (AvgIpc) is 2.89. The summed E-state index contributed by atoms with van der Waals surface area (Å²) in [7, 11) is 1.46. The second-order valence-electron chi connectivity index (χ2n) is 4.82. The summed E-state index contributed by atoms with van der Waals surface area (Å²) < 4.78 is 24.6. The van der Waals surface area contributed by atoms with E-state index < -0.39 is 11.9 Å². The fourth-order valence-electron chi connectivity index (χ4n) is 2.31. The molecule has 7 heteroatoms. The molecule has 1 unspecified atom stereocenters. The summed E-state index contributed by atoms with van der Waals surface area (Å²) in [6, 6.07) is 2.65. The van der Waals surface area contributed by atoms with Crippen molar-refractivity contribution in [2.45, 2.75) is 25.4 Å². The van der Waals surface area contributed by atoms with Crippen molar-refractivity contribution in [3.8, 4) is 5.75 Å². The summed E-state index contributed by atoms with van der Waals surface area (Å²) in [5.74, 6) is -0.236. The van der Waals surface area contributed by atoms with Crippen LogP contribution in [0.5, 0.6) is 5.75 Å². The Morgan fingerprint density at radius 1 is 1.52 bits per heavy atom. The zero-order valence-electron chi connectivity index (χ0n) is 11.5. The van der Waals surface area contributed by atoms with Gasteiger partial charge in [0.2, 0.25) is 0 Å². The highest BCUT2D eigenvalue weighted by Crippen LogP contribution is 2.33. The van der Waals surface area contributed by atoms with Gasteiger partial charge in [0.25, 0.3) is 5.91 Å². The van der Waals surface area contributed by atoms with E-state index in [1.165, 1.54) is 30.6 Å². The van der Waals surface area contributed by atoms with E-state index in [0.717, 1.165) is 12.8 Å². The minimum absolute atomic E-state index is 0.201. The third-order valence-electron chi connectivity index (χ3n) is 3.35. The Labute approximate surface area is 125 Å². The van der Waals surface area contributed by atoms with Crippen LogP contribution in [0.15, 0.2) is 12.1 Å². The maximum Gasteiger partial charge on any atom is 0.255 e. The van der Waals surface area contributed by atoms with E-state index in [1.54, 1.807) is 0 Å². The van der Waals surface area contributed by atoms with Gasteiger partial charge in [-0.1, -0.05) is 11.3 Å². The standard InChI is InChI=1S/C14H15FN2O3S/c1-19-10-6-8(15)7-11-12(10)16-14(21-11)17-13(18)9-4-2-3-5-20-9/h6-7,9H,2-5H2,1H3,(H,16,17,18). The van der Waals surface area contributed by atoms with Gasteiger partial charge in [0.15, 0.2) is 5.13 Å². The van der Waals surface area contributed by atoms with Crippen LogP contribution in [0, 0.1) is 5.82 Å². The smallest absolute Gasteiger partial charge is 0.255 e. The molecule has 1 N–H and O–H groups in total. The van der Waals surface area contributed by atoms with E-state index in [0.29, 0.717) is 34.1 Å². The van der Waals surface area contributed by atoms with Crippen LogP contribution in [0.4, 0.5) is 9.52 Å². The first-order valence-electron chi connectivity index (χ1n) is 6.74. The molecule has 2 heterocycles. The van der Waals surface area contributed by atoms with Crippen molar-refractivity contribution in [1.82, 2.24) is 4.98 Å². The summed E-state index contributed by atoms with van der Waals surface area (Å²) in [5.41, 5.74) is 0.545. The SMILES string of the molecule is COc1cc(F)cc2sc(NC(=O)C3CCCCO3)nc12. The summed E-state index contributed by atoms with van der Waals surface area (Å²) in [6.45, 7) is 0.608. The molecule has 1 amide bonds. The van der Waals surface area contributed by atoms with Crippen LogP contribution in [0.3, 0.4) is 0 Å². The van der Waals surface area contributed by atoms with Crippen molar-refractivity contribution in [2.24, 2.45) is 0 Å². The van der Waals surface area contributed by atoms with Crippen molar-refractivity contribution in [1.29, 1.82) is 0 Å². The highest BCUT2D eigenvalue weighted by atomic mass is 32.1. The average molecular weight is 310 g/mol. The number of nitrogens with zero attached hydrogens (tertiary/aromatic N) is 1. The van der Waals surface area contributed by atoms with Gasteiger partial charge in [-0.3, -0.25) is 10.1 Å². The minimum Gasteiger partial charge on any atom is -0.494 e. The molecular formula is C14H15FN2O3S. The first-order valence-corrected chi connectivity index (χ1v) is 7.55. The molecule has 2 aromatic rings. The molecule has 3 rings (SSSR count). The van der Waals surface area contributed by atoms with Gasteiger partial charge < -0.3 is 9.47 Å². The number of carbonyl (C=O) groups excluding carboxylic acids is 1. The van der Waals surface area contributed by atoms with Gasteiger partial charge in [0, 0.05) is 12.7 Å². The third kappa shape index (κ3) is 2.98. The van der Waals surface area contributed by atoms with Gasteiger partial charge in [-0.15, -0.1) is 0 Å². The Bertz CT molecular complexity index is 668. The molecule has 1 aliphatic heterocycles. The maximum atomic E-state index is 13.4. The Morgan fingerprint density at radius 2 is 2.38 bits per heavy atom. The van der Waals surface area contributed by atoms with Crippen molar-refractivity contribution >= 4 is 32.6 Å². The number of hydrogen-bond donors (Lipinski definition) is 1. The van der Waals surface area contributed by atoms with E-state index in [4.69, 9.17) is 9.47 Å². The molecule has 0 saturated carbocycles. The van der Waals surface area contributed by atoms with E-state index in [-0.39, 0.29) is 5.91 Å². The Morgan fingerprint density at radius 3 is 3.10 bits per heavy atom. The monoisotopic (exact) mass is 310 g/mol. The molecule has 1 fully saturated rings. The molecule has 112 valence electrons. The van der Waals surface area contributed by atoms with Crippen LogP contribution in [-0.4, -0.2) is 30.7 Å². The van der Waals surface area contributed by atoms with Crippen molar-refractivity contribution < 1.29 is 18.7 Å². The summed E-state index contributed by atoms with van der Waals surface area (Å²) in [6.07, 6.45) is 2.26. The van der Waals surface area contributed by atoms with Crippen molar-refractivity contribution in [3.63, 3.8) is 0 Å². The lowest BCUT2D eigenvalue weighted by molar-refractivity contribution is -0.129. The van der Waals surface area contributed by atoms with Crippen LogP contribution in [0.2, 0.25) is 0 Å². The van der Waals surface area contributed by atoms with Crippen molar-refractivity contribution in [2.75, 3.05) is 19.0 Å². The Hall–Kier alpha value is -1.73. The number of amides is 1. The second-order valence-corrected chi connectivity index (χ2v) is 5.85. The van der Waals surface area contributed by atoms with Crippen LogP contribution < -0.4 is 10.1 Å². The van der Waals surface area contributed by atoms with Gasteiger partial charge in [0.1, 0.15) is 23.2 Å². The number of halogens is 1. The molecule has 1 aromatic heterocycles. The highest BCUT2D eigenvalue weighted by Gasteiger charge is 2.23. The zero-order valence-corrected chi connectivity index (χ0v) is 12.3. The Balaban J connectivity index is 1.82. The number of thiazole rings is 1. The first kappa shape index (κ1) is 14.2. The molecule has 0 radical (unpaired) electrons. The zero-order chi connectivity index (χ0) is 14.8. The molecule has 0 spiro atoms. The predicted octanol–water partition coefficient (Wildman–Crippen LogP) is 2.95. The van der Waals surface area contributed by atoms with Crippen molar-refractivity contribution in [3.05, 3.63) is 17.9 Å². The van der Waals surface area contributed by atoms with Crippen LogP contribution in [0.25, 0.3) is 10.2 Å². The molecule has 1 aromatic carbocycles. The van der Waals surface area contributed by atoms with Gasteiger partial charge in [-0.25, -0.2) is 9.37 Å². The van der Waals surface area contributed by atoms with E-state index >= 15 is 0 Å². The largest absolute Gasteiger partial charge is 0.494 e. The number of rotatable bonds is 3. The number of hydrogen-bond acceptors (Lipinski definition) is 5. The first-order chi connectivity index (χ1) is 10.2. The molecule has 5 nitrogen and oxygen atoms in total. The quantitative estimate of drug-likeness (QED) is 0.947. The number of aromatic nitrogens is 1. The Kier molecular flexibility index (Phi) is 4.03. The predicted molar refractivity (Wildman–Crippen MR) is 78.4 cm³/mol. The van der Waals surface area contributed by atoms with Crippen LogP contribution in [0.1, 0.15) is 19.3 Å². The number of anilines is 1. The molecule has 1 aliphatic rings. The lowest BCUT2D eigenvalue weighted by Gasteiger charge is -2.20. The fraction of sp³-hybridized carbons (Fsp3) is 0.429. The number of fused-ring (bicyclic) bond motifs is 1. The summed E-state index contributed by atoms with van der Waals surface area (Å²) >= 11 is 1.21. The normalized spacial score (nSPS) is 18.7. The lowest BCUT2D eigenvalue weighted by atomic mass is 10.1. The molecule has 0 bridgehead atoms. The summed E-state index contributed by atoms with van der Waals surface area (Å²) in [4.78, 5) is 16.4. The number of carbonyl (C=O) groups is 1. The molecule has 1 atom stereocenters. The lowest BCUT2D eigenvalue weighted by Crippen LogP contribution is -2.33. The van der Waals surface area contributed by atoms with E-state index in [2.05, 4.69) is 10.3 Å². The number of methoxy groups -OCH3 is 1. The van der Waals surface area contributed by atoms with Crippen LogP contribution >= 0.6 is 11.3 Å². The van der Waals surface area contributed by atoms with Gasteiger partial charge in [0.05, 0.1) is 11.8 Å². The van der Waals surface area contributed by atoms with Gasteiger partial charge in [-0.05, 0) is 25.3 Å². The molecule has 0 aliphatic carbocycles. The van der Waals surface area contributed by atoms with Gasteiger partial charge >= 0.3 is 0 Å². The molecule has 21 heavy (non-hydrogen) atoms. The van der Waals surface area contributed by atoms with E-state index in [9.17, 15) is 9.18 Å². The third-order valence-corrected chi connectivity index (χ3v) is 4.26. The number of ether oxygens (including phenoxy) is 2. The highest BCUT2D eigenvalue weighted by molar-refractivity contribution is 7.22. The number of nitrogens with one attached hydrogen (secondary N) is 1. The maximum absolute atomic E-state index is 13.4. The summed E-state index contributed by atoms with van der Waals surface area (Å²) in [5, 5.41) is 3.16. The second kappa shape index (κ2) is 5.95. The topological polar surface area (TPSA) is 60.5 Å². The fourth-order valence-corrected chi connectivity index (χ4v) is 3.22. The molecular weight excluding hydrogens is 295 g/mol. The van der Waals surface area contributed by atoms with Crippen LogP contribution in [-0.2, 0) is 9.53 Å². The van der Waals surface area contributed by atoms with E-state index in [1.807, 2.05) is 0 Å². The van der Waals surface area contributed by atoms with Gasteiger partial charge in [-0.2, -0.15) is 0 Å². The minimum atomic E-state index is -0.426. The molecule has 1 saturated heterocycles.